The van der Waals surface area contributed by atoms with Crippen LogP contribution in [0.25, 0.3) is 0 Å². The number of carboxylic acid groups (broad SMARTS) is 1. The monoisotopic (exact) mass is 339 g/mol. The normalized spacial score (nSPS) is 11.7. The number of carboxylic acids is 1. The van der Waals surface area contributed by atoms with Crippen LogP contribution in [0.3, 0.4) is 0 Å². The van der Waals surface area contributed by atoms with Crippen LogP contribution in [0, 0.1) is 0 Å². The lowest BCUT2D eigenvalue weighted by atomic mass is 10.3. The molecule has 0 aliphatic rings. The summed E-state index contributed by atoms with van der Waals surface area (Å²) in [7, 11) is 0. The van der Waals surface area contributed by atoms with Gasteiger partial charge >= 0.3 is 5.97 Å². The maximum Gasteiger partial charge on any atom is 0.325 e. The van der Waals surface area contributed by atoms with E-state index in [9.17, 15) is 9.59 Å². The Morgan fingerprint density at radius 2 is 2.09 bits per heavy atom. The maximum atomic E-state index is 11.7. The van der Waals surface area contributed by atoms with Gasteiger partial charge in [0.1, 0.15) is 24.9 Å². The van der Waals surface area contributed by atoms with Crippen LogP contribution in [-0.4, -0.2) is 43.2 Å². The molecule has 10 heteroatoms. The fraction of sp³-hybridized carbons (Fsp3) is 0.308. The van der Waals surface area contributed by atoms with Gasteiger partial charge < -0.3 is 15.2 Å². The number of amides is 1. The van der Waals surface area contributed by atoms with E-state index >= 15 is 0 Å². The standard InChI is InChI=1S/C13H14ClN5O4/c1-8(13(21)22)15-12(20)6-19-11(16-17-18-19)7-23-10-4-2-9(14)3-5-10/h2-5,8H,6-7H2,1H3,(H,15,20)(H,21,22). The second-order valence-corrected chi connectivity index (χ2v) is 5.06. The molecule has 0 radical (unpaired) electrons. The van der Waals surface area contributed by atoms with Gasteiger partial charge in [-0.3, -0.25) is 9.59 Å². The van der Waals surface area contributed by atoms with Crippen molar-refractivity contribution in [2.45, 2.75) is 26.1 Å². The van der Waals surface area contributed by atoms with E-state index in [0.29, 0.717) is 16.6 Å². The molecule has 1 heterocycles. The molecule has 2 rings (SSSR count). The Kier molecular flexibility index (Phi) is 5.47. The fourth-order valence-corrected chi connectivity index (χ4v) is 1.74. The lowest BCUT2D eigenvalue weighted by molar-refractivity contribution is -0.141. The third kappa shape index (κ3) is 4.92. The van der Waals surface area contributed by atoms with Crippen molar-refractivity contribution in [3.63, 3.8) is 0 Å². The predicted molar refractivity (Wildman–Crippen MR) is 78.8 cm³/mol. The summed E-state index contributed by atoms with van der Waals surface area (Å²) in [6.07, 6.45) is 0. The van der Waals surface area contributed by atoms with E-state index in [0.717, 1.165) is 0 Å². The average Bonchev–Trinajstić information content (AvgIpc) is 2.93. The van der Waals surface area contributed by atoms with Crippen LogP contribution in [0.15, 0.2) is 24.3 Å². The molecule has 1 aromatic heterocycles. The molecule has 0 bridgehead atoms. The number of nitrogens with zero attached hydrogens (tertiary/aromatic N) is 4. The topological polar surface area (TPSA) is 119 Å². The van der Waals surface area contributed by atoms with Gasteiger partial charge in [0.15, 0.2) is 5.82 Å². The van der Waals surface area contributed by atoms with E-state index in [1.165, 1.54) is 11.6 Å². The molecule has 9 nitrogen and oxygen atoms in total. The summed E-state index contributed by atoms with van der Waals surface area (Å²) in [5.74, 6) is -0.729. The lowest BCUT2D eigenvalue weighted by Crippen LogP contribution is -2.40. The number of hydrogen-bond acceptors (Lipinski definition) is 6. The van der Waals surface area contributed by atoms with E-state index in [4.69, 9.17) is 21.4 Å². The van der Waals surface area contributed by atoms with Crippen LogP contribution in [-0.2, 0) is 22.7 Å². The molecule has 0 spiro atoms. The Hall–Kier alpha value is -2.68. The summed E-state index contributed by atoms with van der Waals surface area (Å²) in [5.41, 5.74) is 0. The minimum Gasteiger partial charge on any atom is -0.486 e. The number of tetrazole rings is 1. The van der Waals surface area contributed by atoms with Crippen molar-refractivity contribution in [2.75, 3.05) is 0 Å². The number of aromatic nitrogens is 4. The van der Waals surface area contributed by atoms with Crippen molar-refractivity contribution in [1.82, 2.24) is 25.5 Å². The molecule has 0 saturated heterocycles. The molecule has 1 atom stereocenters. The van der Waals surface area contributed by atoms with Crippen LogP contribution >= 0.6 is 11.6 Å². The summed E-state index contributed by atoms with van der Waals surface area (Å²) in [4.78, 5) is 22.4. The highest BCUT2D eigenvalue weighted by atomic mass is 35.5. The summed E-state index contributed by atoms with van der Waals surface area (Å²) in [6.45, 7) is 1.21. The summed E-state index contributed by atoms with van der Waals surface area (Å²) in [5, 5.41) is 22.6. The number of aliphatic carboxylic acids is 1. The highest BCUT2D eigenvalue weighted by Crippen LogP contribution is 2.16. The van der Waals surface area contributed by atoms with Crippen molar-refractivity contribution < 1.29 is 19.4 Å². The first-order valence-electron chi connectivity index (χ1n) is 6.61. The predicted octanol–water partition coefficient (Wildman–Crippen LogP) is 0.495. The first-order valence-corrected chi connectivity index (χ1v) is 6.99. The molecule has 1 unspecified atom stereocenters. The van der Waals surface area contributed by atoms with Crippen molar-refractivity contribution >= 4 is 23.5 Å². The highest BCUT2D eigenvalue weighted by Gasteiger charge is 2.16. The first kappa shape index (κ1) is 16.7. The van der Waals surface area contributed by atoms with Crippen molar-refractivity contribution in [3.8, 4) is 5.75 Å². The number of ether oxygens (including phenoxy) is 1. The second kappa shape index (κ2) is 7.54. The maximum absolute atomic E-state index is 11.7. The van der Waals surface area contributed by atoms with Gasteiger partial charge in [0, 0.05) is 5.02 Å². The van der Waals surface area contributed by atoms with E-state index in [1.807, 2.05) is 0 Å². The van der Waals surface area contributed by atoms with E-state index in [-0.39, 0.29) is 13.2 Å². The van der Waals surface area contributed by atoms with E-state index < -0.39 is 17.9 Å². The molecule has 0 saturated carbocycles. The van der Waals surface area contributed by atoms with Gasteiger partial charge in [0.05, 0.1) is 0 Å². The zero-order valence-corrected chi connectivity index (χ0v) is 12.9. The van der Waals surface area contributed by atoms with Crippen molar-refractivity contribution in [2.24, 2.45) is 0 Å². The zero-order chi connectivity index (χ0) is 16.8. The van der Waals surface area contributed by atoms with Crippen molar-refractivity contribution in [1.29, 1.82) is 0 Å². The summed E-state index contributed by atoms with van der Waals surface area (Å²) in [6, 6.07) is 5.75. The van der Waals surface area contributed by atoms with E-state index in [1.54, 1.807) is 24.3 Å². The summed E-state index contributed by atoms with van der Waals surface area (Å²) < 4.78 is 6.74. The van der Waals surface area contributed by atoms with Crippen LogP contribution < -0.4 is 10.1 Å². The molecule has 23 heavy (non-hydrogen) atoms. The first-order chi connectivity index (χ1) is 11.0. The minimum absolute atomic E-state index is 0.0520. The van der Waals surface area contributed by atoms with Crippen molar-refractivity contribution in [3.05, 3.63) is 35.1 Å². The van der Waals surface area contributed by atoms with Gasteiger partial charge in [0.25, 0.3) is 0 Å². The fourth-order valence-electron chi connectivity index (χ4n) is 1.61. The molecule has 0 aliphatic carbocycles. The molecule has 2 N–H and O–H groups in total. The number of rotatable bonds is 7. The van der Waals surface area contributed by atoms with Crippen LogP contribution in [0.4, 0.5) is 0 Å². The molecule has 1 aromatic carbocycles. The molecular weight excluding hydrogens is 326 g/mol. The number of carbonyl (C=O) groups excluding carboxylic acids is 1. The van der Waals surface area contributed by atoms with Gasteiger partial charge in [-0.15, -0.1) is 5.10 Å². The lowest BCUT2D eigenvalue weighted by Gasteiger charge is -2.10. The Morgan fingerprint density at radius 3 is 2.74 bits per heavy atom. The highest BCUT2D eigenvalue weighted by molar-refractivity contribution is 6.30. The van der Waals surface area contributed by atoms with Gasteiger partial charge in [-0.25, -0.2) is 4.68 Å². The number of benzene rings is 1. The molecule has 2 aromatic rings. The molecule has 0 aliphatic heterocycles. The smallest absolute Gasteiger partial charge is 0.325 e. The van der Waals surface area contributed by atoms with Gasteiger partial charge in [-0.05, 0) is 41.6 Å². The molecular formula is C13H14ClN5O4. The number of carbonyl (C=O) groups is 2. The SMILES string of the molecule is CC(NC(=O)Cn1nnnc1COc1ccc(Cl)cc1)C(=O)O. The quantitative estimate of drug-likeness (QED) is 0.753. The molecule has 0 fully saturated rings. The van der Waals surface area contributed by atoms with Gasteiger partial charge in [-0.2, -0.15) is 0 Å². The van der Waals surface area contributed by atoms with Gasteiger partial charge in [-0.1, -0.05) is 11.6 Å². The third-order valence-electron chi connectivity index (χ3n) is 2.83. The van der Waals surface area contributed by atoms with Crippen LogP contribution in [0.5, 0.6) is 5.75 Å². The van der Waals surface area contributed by atoms with Gasteiger partial charge in [0.2, 0.25) is 5.91 Å². The second-order valence-electron chi connectivity index (χ2n) is 4.62. The summed E-state index contributed by atoms with van der Waals surface area (Å²) >= 11 is 5.78. The van der Waals surface area contributed by atoms with Crippen LogP contribution in [0.1, 0.15) is 12.7 Å². The molecule has 122 valence electrons. The Labute approximate surface area is 136 Å². The Bertz CT molecular complexity index is 688. The Morgan fingerprint density at radius 1 is 1.39 bits per heavy atom. The van der Waals surface area contributed by atoms with E-state index in [2.05, 4.69) is 20.8 Å². The zero-order valence-electron chi connectivity index (χ0n) is 12.1. The average molecular weight is 340 g/mol. The molecule has 1 amide bonds. The van der Waals surface area contributed by atoms with Crippen LogP contribution in [0.2, 0.25) is 5.02 Å². The third-order valence-corrected chi connectivity index (χ3v) is 3.08. The number of halogens is 1. The number of nitrogens with one attached hydrogen (secondary N) is 1. The number of hydrogen-bond donors (Lipinski definition) is 2. The largest absolute Gasteiger partial charge is 0.486 e. The minimum atomic E-state index is -1.12. The Balaban J connectivity index is 1.92.